The summed E-state index contributed by atoms with van der Waals surface area (Å²) in [5.41, 5.74) is 6.75. The largest absolute Gasteiger partial charge is 0.383 e. The smallest absolute Gasteiger partial charge is 0.257 e. The highest BCUT2D eigenvalue weighted by atomic mass is 19.1. The van der Waals surface area contributed by atoms with E-state index in [0.717, 1.165) is 31.0 Å². The maximum Gasteiger partial charge on any atom is 0.257 e. The molecule has 5 rings (SSSR count). The normalized spacial score (nSPS) is 15.4. The van der Waals surface area contributed by atoms with E-state index in [0.29, 0.717) is 35.4 Å². The molecule has 1 atom stereocenters. The van der Waals surface area contributed by atoms with Crippen LogP contribution in [0, 0.1) is 17.5 Å². The van der Waals surface area contributed by atoms with E-state index >= 15 is 4.39 Å². The van der Waals surface area contributed by atoms with E-state index in [1.807, 2.05) is 0 Å². The molecule has 9 nitrogen and oxygen atoms in total. The highest BCUT2D eigenvalue weighted by Gasteiger charge is 2.28. The number of nitrogens with two attached hydrogens (primary N) is 1. The number of carbonyl (C=O) groups is 2. The third kappa shape index (κ3) is 4.92. The van der Waals surface area contributed by atoms with Crippen molar-refractivity contribution in [2.45, 2.75) is 25.4 Å². The molecule has 0 unspecified atom stereocenters. The van der Waals surface area contributed by atoms with Crippen LogP contribution in [0.5, 0.6) is 0 Å². The van der Waals surface area contributed by atoms with Gasteiger partial charge in [0.05, 0.1) is 11.4 Å². The van der Waals surface area contributed by atoms with Gasteiger partial charge in [-0.15, -0.1) is 0 Å². The van der Waals surface area contributed by atoms with Gasteiger partial charge in [-0.05, 0) is 37.1 Å². The summed E-state index contributed by atoms with van der Waals surface area (Å²) < 4.78 is 44.6. The Hall–Kier alpha value is -4.74. The summed E-state index contributed by atoms with van der Waals surface area (Å²) in [6, 6.07) is 7.17. The topological polar surface area (TPSA) is 119 Å². The zero-order valence-electron chi connectivity index (χ0n) is 20.7. The quantitative estimate of drug-likeness (QED) is 0.363. The average Bonchev–Trinajstić information content (AvgIpc) is 3.33. The van der Waals surface area contributed by atoms with Gasteiger partial charge in [0.15, 0.2) is 5.65 Å². The summed E-state index contributed by atoms with van der Waals surface area (Å²) in [7, 11) is 0. The lowest BCUT2D eigenvalue weighted by Crippen LogP contribution is -2.40. The Labute approximate surface area is 221 Å². The molecule has 1 aliphatic rings. The number of carbonyl (C=O) groups excluding carboxylic acids is 2. The summed E-state index contributed by atoms with van der Waals surface area (Å²) in [5.74, 6) is -3.70. The molecule has 3 heterocycles. The van der Waals surface area contributed by atoms with Crippen molar-refractivity contribution >= 4 is 28.7 Å². The average molecular weight is 536 g/mol. The minimum atomic E-state index is -1.01. The van der Waals surface area contributed by atoms with Crippen LogP contribution < -0.4 is 11.1 Å². The maximum absolute atomic E-state index is 15.1. The number of fused-ring (bicyclic) bond motifs is 1. The maximum atomic E-state index is 15.1. The first-order valence-corrected chi connectivity index (χ1v) is 12.2. The fraction of sp³-hybridized carbons (Fsp3) is 0.222. The highest BCUT2D eigenvalue weighted by Crippen LogP contribution is 2.34. The molecule has 0 saturated carbocycles. The number of piperidine rings is 1. The lowest BCUT2D eigenvalue weighted by Gasteiger charge is -2.32. The van der Waals surface area contributed by atoms with Crippen molar-refractivity contribution in [2.24, 2.45) is 0 Å². The molecule has 39 heavy (non-hydrogen) atoms. The van der Waals surface area contributed by atoms with Gasteiger partial charge in [0.1, 0.15) is 40.9 Å². The number of benzene rings is 2. The molecular formula is C27H24F3N7O2. The van der Waals surface area contributed by atoms with Crippen LogP contribution in [0.2, 0.25) is 0 Å². The molecule has 3 N–H and O–H groups in total. The van der Waals surface area contributed by atoms with Gasteiger partial charge in [0.25, 0.3) is 5.91 Å². The number of nitrogens with zero attached hydrogens (tertiary/aromatic N) is 5. The van der Waals surface area contributed by atoms with E-state index in [-0.39, 0.29) is 29.9 Å². The van der Waals surface area contributed by atoms with Gasteiger partial charge in [-0.25, -0.2) is 27.8 Å². The highest BCUT2D eigenvalue weighted by molar-refractivity contribution is 5.98. The van der Waals surface area contributed by atoms with E-state index in [4.69, 9.17) is 10.8 Å². The van der Waals surface area contributed by atoms with Crippen molar-refractivity contribution in [2.75, 3.05) is 18.8 Å². The summed E-state index contributed by atoms with van der Waals surface area (Å²) >= 11 is 0. The van der Waals surface area contributed by atoms with Gasteiger partial charge in [0.2, 0.25) is 5.91 Å². The van der Waals surface area contributed by atoms with Crippen LogP contribution in [-0.2, 0) is 11.3 Å². The molecule has 2 aromatic heterocycles. The number of hydrogen-bond donors (Lipinski definition) is 2. The van der Waals surface area contributed by atoms with Crippen molar-refractivity contribution < 1.29 is 22.8 Å². The van der Waals surface area contributed by atoms with Gasteiger partial charge < -0.3 is 16.0 Å². The van der Waals surface area contributed by atoms with E-state index in [1.54, 1.807) is 15.6 Å². The number of halogens is 3. The van der Waals surface area contributed by atoms with Crippen LogP contribution in [0.4, 0.5) is 19.0 Å². The first-order valence-electron chi connectivity index (χ1n) is 12.2. The van der Waals surface area contributed by atoms with Crippen molar-refractivity contribution in [1.29, 1.82) is 0 Å². The van der Waals surface area contributed by atoms with Crippen LogP contribution in [0.25, 0.3) is 22.3 Å². The standard InChI is InChI=1S/C27H24F3N7O2/c1-2-21(38)36-10-4-5-17(13-36)37-26-23(25(31)33-14-34-26)24(35-37)15-8-9-16(20(30)11-15)12-32-27(39)22-18(28)6-3-7-19(22)29/h2-3,6-9,11,14,17H,1,4-5,10,12-13H2,(H,32,39)(H2,31,33,34)/t17-/m1/s1. The molecule has 2 aromatic carbocycles. The predicted molar refractivity (Wildman–Crippen MR) is 138 cm³/mol. The number of rotatable bonds is 6. The molecule has 0 radical (unpaired) electrons. The molecule has 0 aliphatic carbocycles. The minimum Gasteiger partial charge on any atom is -0.383 e. The van der Waals surface area contributed by atoms with Gasteiger partial charge >= 0.3 is 0 Å². The summed E-state index contributed by atoms with van der Waals surface area (Å²) in [4.78, 5) is 34.6. The summed E-state index contributed by atoms with van der Waals surface area (Å²) in [6.45, 7) is 4.27. The zero-order chi connectivity index (χ0) is 27.7. The second-order valence-electron chi connectivity index (χ2n) is 9.12. The van der Waals surface area contributed by atoms with Crippen molar-refractivity contribution in [3.63, 3.8) is 0 Å². The lowest BCUT2D eigenvalue weighted by atomic mass is 10.1. The van der Waals surface area contributed by atoms with Crippen LogP contribution in [0.1, 0.15) is 34.8 Å². The van der Waals surface area contributed by atoms with Crippen molar-refractivity contribution in [3.05, 3.63) is 84.0 Å². The van der Waals surface area contributed by atoms with Crippen LogP contribution in [0.3, 0.4) is 0 Å². The number of nitrogens with one attached hydrogen (secondary N) is 1. The first kappa shape index (κ1) is 25.9. The summed E-state index contributed by atoms with van der Waals surface area (Å²) in [6.07, 6.45) is 4.10. The number of likely N-dealkylation sites (tertiary alicyclic amines) is 1. The minimum absolute atomic E-state index is 0.0997. The number of nitrogen functional groups attached to an aromatic ring is 1. The molecule has 200 valence electrons. The van der Waals surface area contributed by atoms with Gasteiger partial charge in [-0.2, -0.15) is 5.10 Å². The summed E-state index contributed by atoms with van der Waals surface area (Å²) in [5, 5.41) is 7.51. The Morgan fingerprint density at radius 2 is 1.90 bits per heavy atom. The third-order valence-electron chi connectivity index (χ3n) is 6.70. The number of anilines is 1. The number of hydrogen-bond acceptors (Lipinski definition) is 6. The molecule has 0 spiro atoms. The fourth-order valence-corrected chi connectivity index (χ4v) is 4.75. The second-order valence-corrected chi connectivity index (χ2v) is 9.12. The van der Waals surface area contributed by atoms with Crippen molar-refractivity contribution in [1.82, 2.24) is 30.0 Å². The van der Waals surface area contributed by atoms with Crippen LogP contribution >= 0.6 is 0 Å². The Bertz CT molecular complexity index is 1580. The van der Waals surface area contributed by atoms with Crippen LogP contribution in [-0.4, -0.2) is 49.6 Å². The monoisotopic (exact) mass is 535 g/mol. The first-order chi connectivity index (χ1) is 18.8. The molecule has 4 aromatic rings. The lowest BCUT2D eigenvalue weighted by molar-refractivity contribution is -0.127. The van der Waals surface area contributed by atoms with E-state index in [1.165, 1.54) is 24.5 Å². The van der Waals surface area contributed by atoms with E-state index in [2.05, 4.69) is 21.9 Å². The Kier molecular flexibility index (Phi) is 7.01. The van der Waals surface area contributed by atoms with Crippen LogP contribution in [0.15, 0.2) is 55.4 Å². The van der Waals surface area contributed by atoms with Gasteiger partial charge in [-0.3, -0.25) is 9.59 Å². The molecule has 1 aliphatic heterocycles. The predicted octanol–water partition coefficient (Wildman–Crippen LogP) is 3.77. The zero-order valence-corrected chi connectivity index (χ0v) is 20.7. The fourth-order valence-electron chi connectivity index (χ4n) is 4.75. The Balaban J connectivity index is 1.44. The molecule has 1 saturated heterocycles. The number of amides is 2. The van der Waals surface area contributed by atoms with E-state index in [9.17, 15) is 18.4 Å². The third-order valence-corrected chi connectivity index (χ3v) is 6.70. The van der Waals surface area contributed by atoms with Crippen molar-refractivity contribution in [3.8, 4) is 11.3 Å². The van der Waals surface area contributed by atoms with Gasteiger partial charge in [0, 0.05) is 30.8 Å². The second kappa shape index (κ2) is 10.6. The SMILES string of the molecule is C=CC(=O)N1CCC[C@@H](n2nc(-c3ccc(CNC(=O)c4c(F)cccc4F)c(F)c3)c3c(N)ncnc32)C1. The molecule has 0 bridgehead atoms. The van der Waals surface area contributed by atoms with Gasteiger partial charge in [-0.1, -0.05) is 24.8 Å². The molecule has 1 fully saturated rings. The number of aromatic nitrogens is 4. The van der Waals surface area contributed by atoms with E-state index < -0.39 is 28.9 Å². The molecule has 2 amide bonds. The molecular weight excluding hydrogens is 511 g/mol. The molecule has 12 heteroatoms. The Morgan fingerprint density at radius 3 is 2.62 bits per heavy atom. The Morgan fingerprint density at radius 1 is 1.13 bits per heavy atom.